The van der Waals surface area contributed by atoms with Gasteiger partial charge in [0.15, 0.2) is 0 Å². The number of rotatable bonds is 54. The standard InChI is InChI=1S/C11H25NO4S.C11H17NO3S.C9H21NO4S.C9H19NO3S.C7H17NO4S.2C6H15NO3S.2C5H13NO4S.C4H11NO3S/c1-2-3-4-5-6-7-8-12-9-11(13)10-17(14,15)16;1-10(16(13,14)15)7-8-12-9-11-5-3-2-4-6-11;1-3-4-9(7-11)10-6-5-8(2)15(12,13)14;1-9(14(11,12)13)5-8-10-6-3-2-4-7-10;1-7(2,3)8-4-6(9)5-13(10,11)12;1-6(11(8,9)10)4-5-7(2)3;1-3-7-5-4-6(2)11(8,9)10;1-6(2)3-5(7)4-11(8,9)10;1-2-6-3-5(7)4-11(8,9)10;1-4(2-3-5)9(6,7)8/h11-13H,2-10H2,1H3,(H,14,15,16);2-6,10,12H,7-9H2,1H3,(H,13,14,15);8-11H,3-7H2,1-2H3,(H,12,13,14);9H,2-8H2,1H3,(H,11,12,13);6,8-9H,4-5H2,1-3H3,(H,10,11,12);6H,4-5H2,1-3H3,(H,8,9,10);6-7H,3-5H2,1-2H3,(H,8,9,10);5,7H,3-4H2,1-2H3,(H,8,9,10);5-7H,2-4H2,1H3,(H,8,9,10);4H,2-3,5H2,1H3,(H,6,7,8)/p-2. The van der Waals surface area contributed by atoms with Crippen molar-refractivity contribution < 1.29 is 155 Å². The number of aliphatic hydroxyl groups excluding tert-OH is 5. The Balaban J connectivity index is -0.000000209. The van der Waals surface area contributed by atoms with Crippen LogP contribution in [0, 0.1) is 0 Å². The lowest BCUT2D eigenvalue weighted by Crippen LogP contribution is -2.42. The van der Waals surface area contributed by atoms with E-state index in [2.05, 4.69) is 43.7 Å². The van der Waals surface area contributed by atoms with Crippen molar-refractivity contribution in [3.05, 3.63) is 35.9 Å². The molecule has 778 valence electrons. The zero-order valence-electron chi connectivity index (χ0n) is 77.9. The number of unbranched alkanes of at least 4 members (excludes halogenated alkanes) is 5. The van der Waals surface area contributed by atoms with Crippen molar-refractivity contribution in [1.82, 2.24) is 46.6 Å². The molecule has 11 unspecified atom stereocenters. The molecule has 1 saturated heterocycles. The van der Waals surface area contributed by atoms with Crippen LogP contribution in [0.25, 0.3) is 0 Å². The third-order valence-electron chi connectivity index (χ3n) is 17.4. The molecule has 1 aromatic carbocycles. The van der Waals surface area contributed by atoms with E-state index >= 15 is 0 Å². The van der Waals surface area contributed by atoms with Crippen LogP contribution in [-0.2, 0) is 108 Å². The summed E-state index contributed by atoms with van der Waals surface area (Å²) < 4.78 is 297. The lowest BCUT2D eigenvalue weighted by atomic mass is 10.1. The number of β-amino-alcohol motifs (C(OH)–C–C–N with tert-alkyl or cyclic N) is 1. The monoisotopic (exact) mass is 2060 g/mol. The van der Waals surface area contributed by atoms with Crippen molar-refractivity contribution >= 4 is 101 Å². The summed E-state index contributed by atoms with van der Waals surface area (Å²) in [5.41, 5.74) is 6.01. The molecule has 2 rings (SSSR count). The van der Waals surface area contributed by atoms with Gasteiger partial charge in [0.1, 0.15) is 17.3 Å². The predicted octanol–water partition coefficient (Wildman–Crippen LogP) is 0.837. The fraction of sp³-hybridized carbons (Fsp3) is 0.918. The zero-order chi connectivity index (χ0) is 102. The first kappa shape index (κ1) is 141. The Morgan fingerprint density at radius 2 is 0.828 bits per heavy atom. The molecule has 0 spiro atoms. The van der Waals surface area contributed by atoms with E-state index in [4.69, 9.17) is 62.6 Å². The quantitative estimate of drug-likeness (QED) is 0.0317. The Morgan fingerprint density at radius 1 is 0.438 bits per heavy atom. The highest BCUT2D eigenvalue weighted by Gasteiger charge is 2.23. The first-order valence-corrected chi connectivity index (χ1v) is 57.4. The highest BCUT2D eigenvalue weighted by atomic mass is 32.3. The lowest BCUT2D eigenvalue weighted by molar-refractivity contribution is 0.154. The number of likely N-dealkylation sites (N-methyl/N-ethyl adjacent to an activating group) is 2. The molecule has 1 heterocycles. The van der Waals surface area contributed by atoms with E-state index in [-0.39, 0.29) is 50.9 Å². The molecule has 0 bridgehead atoms. The van der Waals surface area contributed by atoms with Crippen LogP contribution >= 0.6 is 0 Å². The molecule has 1 aromatic rings. The van der Waals surface area contributed by atoms with Crippen LogP contribution < -0.4 is 37.6 Å². The van der Waals surface area contributed by atoms with Gasteiger partial charge in [0.25, 0.3) is 80.9 Å². The normalized spacial score (nSPS) is 15.7. The smallest absolute Gasteiger partial charge is 0.267 e. The van der Waals surface area contributed by atoms with Crippen LogP contribution in [0.4, 0.5) is 0 Å². The number of nitrogens with zero attached hydrogens (tertiary/aromatic N) is 3. The van der Waals surface area contributed by atoms with Gasteiger partial charge in [-0.3, -0.25) is 36.4 Å². The fourth-order valence-corrected chi connectivity index (χ4v) is 14.3. The maximum Gasteiger partial charge on any atom is 0.267 e. The van der Waals surface area contributed by atoms with E-state index in [1.165, 1.54) is 79.6 Å². The van der Waals surface area contributed by atoms with Crippen molar-refractivity contribution in [2.24, 2.45) is 5.73 Å². The van der Waals surface area contributed by atoms with Crippen LogP contribution in [0.2, 0.25) is 0 Å². The highest BCUT2D eigenvalue weighted by Crippen LogP contribution is 2.13. The molecular weight excluding hydrogens is 1900 g/mol. The fourth-order valence-electron chi connectivity index (χ4n) is 9.47. The molecule has 1 fully saturated rings. The largest absolute Gasteiger partial charge is 0.748 e. The summed E-state index contributed by atoms with van der Waals surface area (Å²) in [6.07, 6.45) is 10.9. The Morgan fingerprint density at radius 3 is 1.20 bits per heavy atom. The highest BCUT2D eigenvalue weighted by molar-refractivity contribution is 7.88. The first-order valence-electron chi connectivity index (χ1n) is 42.0. The van der Waals surface area contributed by atoms with Crippen LogP contribution in [0.3, 0.4) is 0 Å². The second-order valence-corrected chi connectivity index (χ2v) is 49.0. The molecule has 0 amide bonds. The minimum Gasteiger partial charge on any atom is -0.748 e. The maximum atomic E-state index is 10.7. The molecule has 55 heteroatoms. The summed E-state index contributed by atoms with van der Waals surface area (Å²) >= 11 is 0. The van der Waals surface area contributed by atoms with Crippen LogP contribution in [-0.4, -0.2) is 393 Å². The molecule has 45 nitrogen and oxygen atoms in total. The summed E-state index contributed by atoms with van der Waals surface area (Å²) in [5, 5.41) is 58.7. The minimum absolute atomic E-state index is 0.0172. The van der Waals surface area contributed by atoms with Crippen molar-refractivity contribution in [3.8, 4) is 0 Å². The van der Waals surface area contributed by atoms with Crippen molar-refractivity contribution in [1.29, 1.82) is 0 Å². The number of aliphatic hydroxyl groups is 5. The Labute approximate surface area is 768 Å². The Bertz CT molecular complexity index is 4080. The van der Waals surface area contributed by atoms with Gasteiger partial charge < -0.3 is 87.0 Å². The third kappa shape index (κ3) is 111. The number of piperidine rings is 1. The SMILES string of the molecule is CC(C)(C)NCC(O)CS(=O)(=O)O.CC(CCN(C)C)S(=O)(=O)O.CC(CCN)S(=O)(=O)O.CC(CCN1CCCCC1)S(=O)(=O)O.CC(CCNCc1ccccc1)S(=O)(=O)[O-].CCCC(CO)NCCC(C)S(=O)(=O)O.CCCCCCCCNCC(O)CS(=O)(=O)O.CCNCC(O)CS(=O)(=O)O.CCNCCC(C)S(=O)(=O)O.CN(C)CC(O)CS(=O)(=O)[O-]. The van der Waals surface area contributed by atoms with Gasteiger partial charge in [-0.25, -0.2) is 16.8 Å². The number of hydrogen-bond acceptors (Lipinski definition) is 37. The number of benzene rings is 1. The Hall–Kier alpha value is -2.28. The molecule has 21 N–H and O–H groups in total. The first-order chi connectivity index (χ1) is 58.0. The number of hydrogen-bond donors (Lipinski definition) is 20. The predicted molar refractivity (Wildman–Crippen MR) is 499 cm³/mol. The van der Waals surface area contributed by atoms with Crippen LogP contribution in [0.1, 0.15) is 205 Å². The van der Waals surface area contributed by atoms with Gasteiger partial charge in [-0.15, -0.1) is 0 Å². The molecular formula is C73H164N10O35S10-2. The summed E-state index contributed by atoms with van der Waals surface area (Å²) in [4.78, 5) is 5.75. The second kappa shape index (κ2) is 76.7. The Kier molecular flexibility index (Phi) is 84.6. The topological polar surface area (TPSA) is 758 Å². The van der Waals surface area contributed by atoms with E-state index < -0.39 is 180 Å². The molecule has 11 atom stereocenters. The lowest BCUT2D eigenvalue weighted by Gasteiger charge is -2.26. The number of nitrogens with two attached hydrogens (primary N) is 1. The van der Waals surface area contributed by atoms with Gasteiger partial charge in [0.05, 0.1) is 83.3 Å². The van der Waals surface area contributed by atoms with Gasteiger partial charge in [0, 0.05) is 49.6 Å². The number of nitrogens with one attached hydrogen (secondary N) is 6. The van der Waals surface area contributed by atoms with Crippen molar-refractivity contribution in [3.63, 3.8) is 0 Å². The van der Waals surface area contributed by atoms with E-state index in [1.807, 2.05) is 90.9 Å². The van der Waals surface area contributed by atoms with E-state index in [9.17, 15) is 98.4 Å². The van der Waals surface area contributed by atoms with Crippen molar-refractivity contribution in [2.45, 2.75) is 273 Å². The molecule has 0 saturated carbocycles. The molecule has 1 aliphatic rings. The van der Waals surface area contributed by atoms with Crippen LogP contribution in [0.5, 0.6) is 0 Å². The van der Waals surface area contributed by atoms with E-state index in [0.717, 1.165) is 64.0 Å². The molecule has 0 aliphatic carbocycles. The molecule has 128 heavy (non-hydrogen) atoms. The average molecular weight is 2060 g/mol. The van der Waals surface area contributed by atoms with Gasteiger partial charge in [-0.2, -0.15) is 67.3 Å². The summed E-state index contributed by atoms with van der Waals surface area (Å²) in [6, 6.07) is 9.82. The zero-order valence-corrected chi connectivity index (χ0v) is 86.1. The van der Waals surface area contributed by atoms with Gasteiger partial charge in [-0.05, 0) is 232 Å². The molecule has 1 aliphatic heterocycles. The minimum atomic E-state index is -4.30. The van der Waals surface area contributed by atoms with Gasteiger partial charge >= 0.3 is 0 Å². The van der Waals surface area contributed by atoms with Gasteiger partial charge in [0.2, 0.25) is 0 Å². The second-order valence-electron chi connectivity index (χ2n) is 32.1. The molecule has 0 aromatic heterocycles. The average Bonchev–Trinajstić information content (AvgIpc) is 0.898. The summed E-state index contributed by atoms with van der Waals surface area (Å²) in [6.45, 7) is 31.7. The van der Waals surface area contributed by atoms with Crippen molar-refractivity contribution in [2.75, 3.05) is 156 Å². The molecule has 0 radical (unpaired) electrons. The summed E-state index contributed by atoms with van der Waals surface area (Å²) in [7, 11) is -32.8. The number of likely N-dealkylation sites (tertiary alicyclic amines) is 1. The maximum absolute atomic E-state index is 10.7. The third-order valence-corrected chi connectivity index (χ3v) is 28.1. The van der Waals surface area contributed by atoms with E-state index in [1.54, 1.807) is 25.9 Å². The van der Waals surface area contributed by atoms with Gasteiger partial charge in [-0.1, -0.05) is 103 Å². The van der Waals surface area contributed by atoms with E-state index in [0.29, 0.717) is 77.8 Å². The summed E-state index contributed by atoms with van der Waals surface area (Å²) in [5.74, 6) is -2.56. The van der Waals surface area contributed by atoms with Crippen LogP contribution in [0.15, 0.2) is 30.3 Å².